The molecule has 0 atom stereocenters. The van der Waals surface area contributed by atoms with Crippen LogP contribution < -0.4 is 4.74 Å². The number of rotatable bonds is 3. The maximum absolute atomic E-state index is 13.7. The van der Waals surface area contributed by atoms with Crippen molar-refractivity contribution in [1.82, 2.24) is 4.98 Å². The van der Waals surface area contributed by atoms with Gasteiger partial charge < -0.3 is 9.47 Å². The molecule has 0 spiro atoms. The Bertz CT molecular complexity index is 701. The zero-order chi connectivity index (χ0) is 16.3. The number of carbonyl (C=O) groups is 1. The molecule has 22 heavy (non-hydrogen) atoms. The van der Waals surface area contributed by atoms with Gasteiger partial charge in [-0.2, -0.15) is 4.39 Å². The van der Waals surface area contributed by atoms with Gasteiger partial charge in [0.25, 0.3) is 0 Å². The van der Waals surface area contributed by atoms with E-state index in [-0.39, 0.29) is 16.8 Å². The average molecular weight is 315 g/mol. The third-order valence-corrected chi connectivity index (χ3v) is 2.62. The number of alkyl halides is 3. The molecule has 0 N–H and O–H groups in total. The minimum atomic E-state index is -4.83. The normalized spacial score (nSPS) is 11.1. The lowest BCUT2D eigenvalue weighted by atomic mass is 10.1. The van der Waals surface area contributed by atoms with E-state index in [1.807, 2.05) is 0 Å². The van der Waals surface area contributed by atoms with Gasteiger partial charge in [-0.05, 0) is 24.3 Å². The number of ether oxygens (including phenoxy) is 2. The summed E-state index contributed by atoms with van der Waals surface area (Å²) < 4.78 is 58.4. The van der Waals surface area contributed by atoms with Crippen LogP contribution in [0.2, 0.25) is 0 Å². The number of methoxy groups -OCH3 is 1. The van der Waals surface area contributed by atoms with E-state index in [9.17, 15) is 22.4 Å². The van der Waals surface area contributed by atoms with Crippen LogP contribution in [-0.4, -0.2) is 24.4 Å². The predicted octanol–water partition coefficient (Wildman–Crippen LogP) is 3.57. The van der Waals surface area contributed by atoms with Crippen molar-refractivity contribution in [3.8, 4) is 17.0 Å². The number of esters is 1. The Morgan fingerprint density at radius 3 is 2.50 bits per heavy atom. The molecular weight excluding hydrogens is 306 g/mol. The van der Waals surface area contributed by atoms with Crippen molar-refractivity contribution in [3.63, 3.8) is 0 Å². The number of aromatic nitrogens is 1. The Morgan fingerprint density at radius 2 is 1.91 bits per heavy atom. The lowest BCUT2D eigenvalue weighted by Gasteiger charge is -2.10. The maximum atomic E-state index is 13.7. The van der Waals surface area contributed by atoms with Gasteiger partial charge in [-0.1, -0.05) is 12.1 Å². The Labute approximate surface area is 122 Å². The van der Waals surface area contributed by atoms with Crippen LogP contribution in [0.3, 0.4) is 0 Å². The van der Waals surface area contributed by atoms with E-state index in [1.165, 1.54) is 18.2 Å². The first-order valence-corrected chi connectivity index (χ1v) is 5.91. The van der Waals surface area contributed by atoms with Crippen LogP contribution in [0.25, 0.3) is 11.3 Å². The van der Waals surface area contributed by atoms with E-state index >= 15 is 0 Å². The minimum Gasteiger partial charge on any atom is -0.465 e. The fraction of sp³-hybridized carbons (Fsp3) is 0.143. The van der Waals surface area contributed by atoms with Crippen molar-refractivity contribution < 1.29 is 31.8 Å². The van der Waals surface area contributed by atoms with Crippen molar-refractivity contribution in [2.75, 3.05) is 7.11 Å². The fourth-order valence-corrected chi connectivity index (χ4v) is 1.71. The van der Waals surface area contributed by atoms with E-state index < -0.39 is 24.0 Å². The molecule has 8 heteroatoms. The molecule has 4 nitrogen and oxygen atoms in total. The zero-order valence-electron chi connectivity index (χ0n) is 11.1. The van der Waals surface area contributed by atoms with Gasteiger partial charge in [0.2, 0.25) is 5.95 Å². The standard InChI is InChI=1S/C14H9F4NO3/c1-21-13(20)10-5-6-11(19-12(10)15)8-3-2-4-9(7-8)22-14(16,17)18/h2-7H,1H3. The molecule has 116 valence electrons. The molecular formula is C14H9F4NO3. The van der Waals surface area contributed by atoms with Crippen molar-refractivity contribution in [1.29, 1.82) is 0 Å². The second-order valence-electron chi connectivity index (χ2n) is 4.10. The number of carbonyl (C=O) groups excluding carboxylic acids is 1. The van der Waals surface area contributed by atoms with Gasteiger partial charge in [-0.3, -0.25) is 0 Å². The van der Waals surface area contributed by atoms with Crippen LogP contribution in [-0.2, 0) is 4.74 Å². The first-order chi connectivity index (χ1) is 10.3. The Balaban J connectivity index is 2.34. The Morgan fingerprint density at radius 1 is 1.18 bits per heavy atom. The first kappa shape index (κ1) is 15.7. The molecule has 2 rings (SSSR count). The van der Waals surface area contributed by atoms with Gasteiger partial charge in [-0.25, -0.2) is 9.78 Å². The van der Waals surface area contributed by atoms with Gasteiger partial charge in [0.1, 0.15) is 11.3 Å². The molecule has 0 aliphatic heterocycles. The molecule has 0 aliphatic rings. The van der Waals surface area contributed by atoms with Crippen LogP contribution >= 0.6 is 0 Å². The topological polar surface area (TPSA) is 48.4 Å². The fourth-order valence-electron chi connectivity index (χ4n) is 1.71. The number of halogens is 4. The van der Waals surface area contributed by atoms with Crippen LogP contribution in [0.5, 0.6) is 5.75 Å². The lowest BCUT2D eigenvalue weighted by molar-refractivity contribution is -0.274. The van der Waals surface area contributed by atoms with E-state index in [1.54, 1.807) is 0 Å². The molecule has 0 saturated heterocycles. The summed E-state index contributed by atoms with van der Waals surface area (Å²) in [6.45, 7) is 0. The van der Waals surface area contributed by atoms with Gasteiger partial charge in [0.15, 0.2) is 0 Å². The summed E-state index contributed by atoms with van der Waals surface area (Å²) in [6.07, 6.45) is -4.83. The van der Waals surface area contributed by atoms with Gasteiger partial charge in [0, 0.05) is 5.56 Å². The van der Waals surface area contributed by atoms with E-state index in [2.05, 4.69) is 14.5 Å². The Hall–Kier alpha value is -2.64. The van der Waals surface area contributed by atoms with E-state index in [4.69, 9.17) is 0 Å². The van der Waals surface area contributed by atoms with Crippen LogP contribution in [0.1, 0.15) is 10.4 Å². The van der Waals surface area contributed by atoms with Crippen molar-refractivity contribution >= 4 is 5.97 Å². The molecule has 0 saturated carbocycles. The van der Waals surface area contributed by atoms with Crippen LogP contribution in [0, 0.1) is 5.95 Å². The van der Waals surface area contributed by atoms with Gasteiger partial charge >= 0.3 is 12.3 Å². The third-order valence-electron chi connectivity index (χ3n) is 2.62. The van der Waals surface area contributed by atoms with Gasteiger partial charge in [0.05, 0.1) is 12.8 Å². The predicted molar refractivity (Wildman–Crippen MR) is 67.7 cm³/mol. The number of benzene rings is 1. The van der Waals surface area contributed by atoms with Crippen LogP contribution in [0.4, 0.5) is 17.6 Å². The highest BCUT2D eigenvalue weighted by Crippen LogP contribution is 2.27. The number of hydrogen-bond acceptors (Lipinski definition) is 4. The molecule has 0 unspecified atom stereocenters. The second kappa shape index (κ2) is 6.00. The smallest absolute Gasteiger partial charge is 0.465 e. The number of hydrogen-bond donors (Lipinski definition) is 0. The van der Waals surface area contributed by atoms with E-state index in [0.29, 0.717) is 0 Å². The summed E-state index contributed by atoms with van der Waals surface area (Å²) in [5.74, 6) is -2.43. The summed E-state index contributed by atoms with van der Waals surface area (Å²) in [5, 5.41) is 0. The second-order valence-corrected chi connectivity index (χ2v) is 4.10. The maximum Gasteiger partial charge on any atom is 0.573 e. The summed E-state index contributed by atoms with van der Waals surface area (Å²) in [6, 6.07) is 7.35. The minimum absolute atomic E-state index is 0.0535. The van der Waals surface area contributed by atoms with Crippen molar-refractivity contribution in [2.24, 2.45) is 0 Å². The highest BCUT2D eigenvalue weighted by Gasteiger charge is 2.31. The highest BCUT2D eigenvalue weighted by molar-refractivity contribution is 5.89. The summed E-state index contributed by atoms with van der Waals surface area (Å²) in [7, 11) is 1.09. The lowest BCUT2D eigenvalue weighted by Crippen LogP contribution is -2.17. The molecule has 0 radical (unpaired) electrons. The van der Waals surface area contributed by atoms with Crippen molar-refractivity contribution in [2.45, 2.75) is 6.36 Å². The Kier molecular flexibility index (Phi) is 4.30. The third kappa shape index (κ3) is 3.72. The van der Waals surface area contributed by atoms with Crippen molar-refractivity contribution in [3.05, 3.63) is 47.9 Å². The monoisotopic (exact) mass is 315 g/mol. The molecule has 2 aromatic rings. The quantitative estimate of drug-likeness (QED) is 0.493. The SMILES string of the molecule is COC(=O)c1ccc(-c2cccc(OC(F)(F)F)c2)nc1F. The molecule has 0 amide bonds. The highest BCUT2D eigenvalue weighted by atomic mass is 19.4. The molecule has 0 aliphatic carbocycles. The molecule has 1 aromatic carbocycles. The summed E-state index contributed by atoms with van der Waals surface area (Å²) in [4.78, 5) is 14.8. The molecule has 1 aromatic heterocycles. The zero-order valence-corrected chi connectivity index (χ0v) is 11.1. The number of nitrogens with zero attached hydrogens (tertiary/aromatic N) is 1. The van der Waals surface area contributed by atoms with E-state index in [0.717, 1.165) is 25.3 Å². The molecule has 0 fully saturated rings. The van der Waals surface area contributed by atoms with Crippen LogP contribution in [0.15, 0.2) is 36.4 Å². The first-order valence-electron chi connectivity index (χ1n) is 5.91. The summed E-state index contributed by atoms with van der Waals surface area (Å²) in [5.41, 5.74) is -0.108. The summed E-state index contributed by atoms with van der Waals surface area (Å²) >= 11 is 0. The molecule has 1 heterocycles. The van der Waals surface area contributed by atoms with Gasteiger partial charge in [-0.15, -0.1) is 13.2 Å². The number of pyridine rings is 1. The average Bonchev–Trinajstić information content (AvgIpc) is 2.45. The largest absolute Gasteiger partial charge is 0.573 e. The molecule has 0 bridgehead atoms.